The van der Waals surface area contributed by atoms with Gasteiger partial charge in [-0.2, -0.15) is 0 Å². The standard InChI is InChI=1S/C22H28FN3O4/c1-22(2,3)24-21(28)15-30-20-14-29-18(12-19(20)27)13-25-8-10-26(11-9-25)17-6-4-16(23)5-7-17/h4-7,12,14H,8-11,13,15H2,1-3H3,(H,24,28). The van der Waals surface area contributed by atoms with E-state index in [4.69, 9.17) is 9.15 Å². The van der Waals surface area contributed by atoms with Crippen LogP contribution in [0.15, 0.2) is 45.8 Å². The minimum absolute atomic E-state index is 0.0175. The molecule has 1 N–H and O–H groups in total. The van der Waals surface area contributed by atoms with Gasteiger partial charge in [0.15, 0.2) is 6.61 Å². The lowest BCUT2D eigenvalue weighted by atomic mass is 10.1. The second kappa shape index (κ2) is 9.30. The van der Waals surface area contributed by atoms with Crippen molar-refractivity contribution in [2.45, 2.75) is 32.9 Å². The summed E-state index contributed by atoms with van der Waals surface area (Å²) in [4.78, 5) is 28.5. The molecule has 30 heavy (non-hydrogen) atoms. The molecule has 7 nitrogen and oxygen atoms in total. The van der Waals surface area contributed by atoms with Crippen LogP contribution in [0.1, 0.15) is 26.5 Å². The van der Waals surface area contributed by atoms with Crippen LogP contribution in [-0.2, 0) is 11.3 Å². The number of nitrogens with one attached hydrogen (secondary N) is 1. The van der Waals surface area contributed by atoms with Crippen LogP contribution in [0.25, 0.3) is 0 Å². The van der Waals surface area contributed by atoms with Gasteiger partial charge in [-0.15, -0.1) is 0 Å². The van der Waals surface area contributed by atoms with Crippen LogP contribution in [0.3, 0.4) is 0 Å². The van der Waals surface area contributed by atoms with Gasteiger partial charge in [0.2, 0.25) is 11.2 Å². The molecule has 0 radical (unpaired) electrons. The quantitative estimate of drug-likeness (QED) is 0.778. The van der Waals surface area contributed by atoms with Gasteiger partial charge in [-0.05, 0) is 45.0 Å². The molecule has 1 saturated heterocycles. The molecular weight excluding hydrogens is 389 g/mol. The van der Waals surface area contributed by atoms with Gasteiger partial charge in [0.05, 0.1) is 6.54 Å². The zero-order chi connectivity index (χ0) is 21.7. The molecule has 162 valence electrons. The molecule has 1 aromatic heterocycles. The lowest BCUT2D eigenvalue weighted by Gasteiger charge is -2.35. The SMILES string of the molecule is CC(C)(C)NC(=O)COc1coc(CN2CCN(c3ccc(F)cc3)CC2)cc1=O. The molecule has 3 rings (SSSR count). The Morgan fingerprint density at radius 2 is 1.83 bits per heavy atom. The van der Waals surface area contributed by atoms with Gasteiger partial charge in [0.25, 0.3) is 5.91 Å². The van der Waals surface area contributed by atoms with Crippen molar-refractivity contribution in [1.29, 1.82) is 0 Å². The van der Waals surface area contributed by atoms with Crippen molar-refractivity contribution in [2.75, 3.05) is 37.7 Å². The molecule has 0 atom stereocenters. The second-order valence-corrected chi connectivity index (χ2v) is 8.40. The molecule has 1 aliphatic heterocycles. The number of anilines is 1. The van der Waals surface area contributed by atoms with Gasteiger partial charge in [-0.25, -0.2) is 4.39 Å². The summed E-state index contributed by atoms with van der Waals surface area (Å²) < 4.78 is 23.9. The zero-order valence-electron chi connectivity index (χ0n) is 17.6. The number of hydrogen-bond acceptors (Lipinski definition) is 6. The number of amides is 1. The maximum atomic E-state index is 13.1. The number of carbonyl (C=O) groups is 1. The monoisotopic (exact) mass is 417 g/mol. The van der Waals surface area contributed by atoms with Gasteiger partial charge in [-0.3, -0.25) is 14.5 Å². The van der Waals surface area contributed by atoms with Crippen molar-refractivity contribution in [3.63, 3.8) is 0 Å². The summed E-state index contributed by atoms with van der Waals surface area (Å²) in [6.07, 6.45) is 1.26. The van der Waals surface area contributed by atoms with E-state index in [0.717, 1.165) is 31.9 Å². The Morgan fingerprint density at radius 3 is 2.43 bits per heavy atom. The number of halogens is 1. The van der Waals surface area contributed by atoms with Gasteiger partial charge in [0, 0.05) is 43.5 Å². The Hall–Kier alpha value is -2.87. The molecule has 0 unspecified atom stereocenters. The summed E-state index contributed by atoms with van der Waals surface area (Å²) in [5.41, 5.74) is 0.319. The van der Waals surface area contributed by atoms with Crippen LogP contribution in [0.5, 0.6) is 5.75 Å². The Morgan fingerprint density at radius 1 is 1.17 bits per heavy atom. The van der Waals surface area contributed by atoms with Crippen LogP contribution in [0, 0.1) is 5.82 Å². The minimum Gasteiger partial charge on any atom is -0.477 e. The Kier molecular flexibility index (Phi) is 6.77. The maximum absolute atomic E-state index is 13.1. The molecule has 1 aromatic carbocycles. The summed E-state index contributed by atoms with van der Waals surface area (Å²) in [5.74, 6) is 0.0188. The van der Waals surface area contributed by atoms with E-state index in [1.54, 1.807) is 12.1 Å². The fourth-order valence-corrected chi connectivity index (χ4v) is 3.26. The molecule has 2 aromatic rings. The second-order valence-electron chi connectivity index (χ2n) is 8.40. The van der Waals surface area contributed by atoms with E-state index < -0.39 is 0 Å². The number of carbonyl (C=O) groups excluding carboxylic acids is 1. The first-order valence-corrected chi connectivity index (χ1v) is 9.98. The molecule has 2 heterocycles. The molecule has 8 heteroatoms. The van der Waals surface area contributed by atoms with Crippen LogP contribution >= 0.6 is 0 Å². The van der Waals surface area contributed by atoms with Crippen LogP contribution in [0.4, 0.5) is 10.1 Å². The highest BCUT2D eigenvalue weighted by molar-refractivity contribution is 5.78. The van der Waals surface area contributed by atoms with E-state index in [2.05, 4.69) is 15.1 Å². The van der Waals surface area contributed by atoms with E-state index in [-0.39, 0.29) is 35.0 Å². The number of piperazine rings is 1. The van der Waals surface area contributed by atoms with Crippen LogP contribution < -0.4 is 20.4 Å². The highest BCUT2D eigenvalue weighted by Crippen LogP contribution is 2.18. The highest BCUT2D eigenvalue weighted by atomic mass is 19.1. The fourth-order valence-electron chi connectivity index (χ4n) is 3.26. The molecule has 0 aliphatic carbocycles. The molecule has 0 spiro atoms. The number of ether oxygens (including phenoxy) is 1. The lowest BCUT2D eigenvalue weighted by molar-refractivity contribution is -0.124. The molecule has 1 amide bonds. The average Bonchev–Trinajstić information content (AvgIpc) is 2.67. The lowest BCUT2D eigenvalue weighted by Crippen LogP contribution is -2.46. The van der Waals surface area contributed by atoms with E-state index >= 15 is 0 Å². The van der Waals surface area contributed by atoms with Crippen molar-refractivity contribution < 1.29 is 18.3 Å². The first-order valence-electron chi connectivity index (χ1n) is 9.98. The number of benzene rings is 1. The van der Waals surface area contributed by atoms with Crippen LogP contribution in [-0.4, -0.2) is 49.1 Å². The number of hydrogen-bond donors (Lipinski definition) is 1. The summed E-state index contributed by atoms with van der Waals surface area (Å²) in [6.45, 7) is 9.08. The first-order chi connectivity index (χ1) is 14.2. The predicted octanol–water partition coefficient (Wildman–Crippen LogP) is 2.39. The molecule has 1 fully saturated rings. The van der Waals surface area contributed by atoms with Gasteiger partial charge >= 0.3 is 0 Å². The minimum atomic E-state index is -0.365. The molecule has 0 bridgehead atoms. The Labute approximate surface area is 175 Å². The zero-order valence-corrected chi connectivity index (χ0v) is 17.6. The third-order valence-electron chi connectivity index (χ3n) is 4.67. The Balaban J connectivity index is 1.49. The summed E-state index contributed by atoms with van der Waals surface area (Å²) >= 11 is 0. The van der Waals surface area contributed by atoms with Crippen molar-refractivity contribution in [1.82, 2.24) is 10.2 Å². The Bertz CT molecular complexity index is 913. The summed E-state index contributed by atoms with van der Waals surface area (Å²) in [5, 5.41) is 2.77. The van der Waals surface area contributed by atoms with Crippen molar-refractivity contribution >= 4 is 11.6 Å². The van der Waals surface area contributed by atoms with Crippen molar-refractivity contribution in [2.24, 2.45) is 0 Å². The van der Waals surface area contributed by atoms with Gasteiger partial charge in [-0.1, -0.05) is 0 Å². The van der Waals surface area contributed by atoms with Crippen molar-refractivity contribution in [3.05, 3.63) is 58.4 Å². The highest BCUT2D eigenvalue weighted by Gasteiger charge is 2.19. The third-order valence-corrected chi connectivity index (χ3v) is 4.67. The largest absolute Gasteiger partial charge is 0.477 e. The predicted molar refractivity (Wildman–Crippen MR) is 112 cm³/mol. The van der Waals surface area contributed by atoms with E-state index in [9.17, 15) is 14.0 Å². The van der Waals surface area contributed by atoms with Crippen molar-refractivity contribution in [3.8, 4) is 5.75 Å². The molecule has 0 saturated carbocycles. The van der Waals surface area contributed by atoms with E-state index in [1.807, 2.05) is 20.8 Å². The number of rotatable bonds is 6. The summed E-state index contributed by atoms with van der Waals surface area (Å²) in [6, 6.07) is 7.90. The third kappa shape index (κ3) is 6.32. The average molecular weight is 417 g/mol. The fraction of sp³-hybridized carbons (Fsp3) is 0.455. The number of nitrogens with zero attached hydrogens (tertiary/aromatic N) is 2. The maximum Gasteiger partial charge on any atom is 0.258 e. The molecule has 1 aliphatic rings. The normalized spacial score (nSPS) is 15.1. The summed E-state index contributed by atoms with van der Waals surface area (Å²) in [7, 11) is 0. The van der Waals surface area contributed by atoms with E-state index in [1.165, 1.54) is 24.5 Å². The molecular formula is C22H28FN3O4. The van der Waals surface area contributed by atoms with Gasteiger partial charge < -0.3 is 19.4 Å². The van der Waals surface area contributed by atoms with E-state index in [0.29, 0.717) is 12.3 Å². The first kappa shape index (κ1) is 21.8. The van der Waals surface area contributed by atoms with Gasteiger partial charge in [0.1, 0.15) is 17.8 Å². The topological polar surface area (TPSA) is 75.0 Å². The smallest absolute Gasteiger partial charge is 0.258 e. The van der Waals surface area contributed by atoms with Crippen LogP contribution in [0.2, 0.25) is 0 Å².